The fourth-order valence-electron chi connectivity index (χ4n) is 5.10. The molecular formula is C33H46Cl2N6O. The molecule has 0 aliphatic carbocycles. The summed E-state index contributed by atoms with van der Waals surface area (Å²) in [5.41, 5.74) is 19.5. The minimum absolute atomic E-state index is 0.0359. The van der Waals surface area contributed by atoms with Gasteiger partial charge in [0.1, 0.15) is 0 Å². The summed E-state index contributed by atoms with van der Waals surface area (Å²) in [6, 6.07) is 19.7. The summed E-state index contributed by atoms with van der Waals surface area (Å²) in [6.45, 7) is 10.2. The van der Waals surface area contributed by atoms with Gasteiger partial charge in [-0.15, -0.1) is 0 Å². The molecule has 2 atom stereocenters. The van der Waals surface area contributed by atoms with Crippen LogP contribution in [-0.4, -0.2) is 66.5 Å². The molecule has 0 aromatic heterocycles. The molecule has 0 saturated carbocycles. The van der Waals surface area contributed by atoms with Crippen LogP contribution in [0.1, 0.15) is 44.7 Å². The average Bonchev–Trinajstić information content (AvgIpc) is 2.95. The summed E-state index contributed by atoms with van der Waals surface area (Å²) in [5, 5.41) is 3.58. The van der Waals surface area contributed by atoms with Gasteiger partial charge in [-0.3, -0.25) is 14.7 Å². The molecule has 3 aromatic carbocycles. The number of hydrogen-bond donors (Lipinski definition) is 3. The smallest absolute Gasteiger partial charge is 0.240 e. The van der Waals surface area contributed by atoms with Gasteiger partial charge < -0.3 is 22.1 Å². The normalized spacial score (nSPS) is 16.2. The molecule has 1 amide bonds. The predicted molar refractivity (Wildman–Crippen MR) is 178 cm³/mol. The summed E-state index contributed by atoms with van der Waals surface area (Å²) in [5.74, 6) is 0.859. The van der Waals surface area contributed by atoms with Crippen molar-refractivity contribution in [3.05, 3.63) is 81.8 Å². The molecule has 1 heterocycles. The number of guanidine groups is 1. The molecule has 3 aromatic rings. The quantitative estimate of drug-likeness (QED) is 0.159. The summed E-state index contributed by atoms with van der Waals surface area (Å²) < 4.78 is 0. The lowest BCUT2D eigenvalue weighted by Gasteiger charge is -2.42. The molecule has 6 N–H and O–H groups in total. The fourth-order valence-corrected chi connectivity index (χ4v) is 5.59. The van der Waals surface area contributed by atoms with E-state index in [1.807, 2.05) is 11.0 Å². The number of carbonyl (C=O) groups excluding carboxylic acids is 1. The van der Waals surface area contributed by atoms with Gasteiger partial charge in [0.15, 0.2) is 5.96 Å². The van der Waals surface area contributed by atoms with Gasteiger partial charge in [-0.2, -0.15) is 0 Å². The first kappa shape index (κ1) is 33.7. The largest absolute Gasteiger partial charge is 0.370 e. The first-order valence-electron chi connectivity index (χ1n) is 14.8. The number of amides is 1. The number of benzene rings is 3. The first-order chi connectivity index (χ1) is 20.0. The van der Waals surface area contributed by atoms with Crippen molar-refractivity contribution in [2.24, 2.45) is 28.1 Å². The summed E-state index contributed by atoms with van der Waals surface area (Å²) >= 11 is 12.4. The third-order valence-electron chi connectivity index (χ3n) is 7.14. The Morgan fingerprint density at radius 2 is 1.71 bits per heavy atom. The number of carbonyl (C=O) groups is 1. The molecule has 4 rings (SSSR count). The molecule has 0 bridgehead atoms. The molecule has 1 aliphatic heterocycles. The van der Waals surface area contributed by atoms with E-state index in [1.165, 1.54) is 16.3 Å². The molecular weight excluding hydrogens is 567 g/mol. The standard InChI is InChI=1S/C29H36Cl2N6O.C4H10/c30-24-10-9-23(26(31)18-24)17-27(32)28(38)37-15-14-36(19-25(37)6-3-12-35-29(33)34)13-11-20-7-8-21-4-1-2-5-22(21)16-20;1-4(2)3/h1-2,4-5,7-10,16,18,25,27H,3,6,11-15,17,19,32H2,(H4,33,34,35);4H,1-3H3/t25?,27-;/m1./s1. The van der Waals surface area contributed by atoms with Crippen molar-refractivity contribution in [3.8, 4) is 0 Å². The Labute approximate surface area is 261 Å². The number of aliphatic imine (C=N–C) groups is 1. The minimum atomic E-state index is -0.682. The molecule has 1 fully saturated rings. The van der Waals surface area contributed by atoms with E-state index in [0.29, 0.717) is 29.6 Å². The Morgan fingerprint density at radius 1 is 1.00 bits per heavy atom. The van der Waals surface area contributed by atoms with E-state index in [9.17, 15) is 4.79 Å². The minimum Gasteiger partial charge on any atom is -0.370 e. The van der Waals surface area contributed by atoms with Crippen molar-refractivity contribution in [1.29, 1.82) is 0 Å². The van der Waals surface area contributed by atoms with Gasteiger partial charge in [-0.1, -0.05) is 92.5 Å². The topological polar surface area (TPSA) is 114 Å². The van der Waals surface area contributed by atoms with Gasteiger partial charge in [-0.05, 0) is 65.6 Å². The molecule has 7 nitrogen and oxygen atoms in total. The summed E-state index contributed by atoms with van der Waals surface area (Å²) in [6.07, 6.45) is 2.89. The van der Waals surface area contributed by atoms with Crippen LogP contribution in [0, 0.1) is 5.92 Å². The number of rotatable bonds is 10. The van der Waals surface area contributed by atoms with Gasteiger partial charge in [0.2, 0.25) is 5.91 Å². The van der Waals surface area contributed by atoms with Crippen molar-refractivity contribution in [2.75, 3.05) is 32.7 Å². The van der Waals surface area contributed by atoms with Gasteiger partial charge in [0.05, 0.1) is 6.04 Å². The molecule has 42 heavy (non-hydrogen) atoms. The van der Waals surface area contributed by atoms with E-state index in [1.54, 1.807) is 12.1 Å². The fraction of sp³-hybridized carbons (Fsp3) is 0.455. The first-order valence-corrected chi connectivity index (χ1v) is 15.5. The van der Waals surface area contributed by atoms with Crippen LogP contribution in [-0.2, 0) is 17.6 Å². The third kappa shape index (κ3) is 10.8. The number of nitrogens with two attached hydrogens (primary N) is 3. The van der Waals surface area contributed by atoms with Crippen LogP contribution >= 0.6 is 23.2 Å². The van der Waals surface area contributed by atoms with E-state index >= 15 is 0 Å². The predicted octanol–water partition coefficient (Wildman–Crippen LogP) is 5.49. The number of halogens is 2. The maximum atomic E-state index is 13.5. The highest BCUT2D eigenvalue weighted by molar-refractivity contribution is 6.35. The highest BCUT2D eigenvalue weighted by Crippen LogP contribution is 2.24. The Kier molecular flexibility index (Phi) is 13.4. The van der Waals surface area contributed by atoms with Crippen LogP contribution in [0.5, 0.6) is 0 Å². The van der Waals surface area contributed by atoms with E-state index < -0.39 is 6.04 Å². The Balaban J connectivity index is 0.00000114. The van der Waals surface area contributed by atoms with Gasteiger partial charge in [0, 0.05) is 48.8 Å². The number of piperazine rings is 1. The Bertz CT molecular complexity index is 1320. The van der Waals surface area contributed by atoms with Crippen molar-refractivity contribution in [2.45, 2.75) is 58.5 Å². The van der Waals surface area contributed by atoms with E-state index in [-0.39, 0.29) is 17.9 Å². The molecule has 228 valence electrons. The molecule has 0 spiro atoms. The average molecular weight is 614 g/mol. The zero-order valence-electron chi connectivity index (χ0n) is 25.1. The van der Waals surface area contributed by atoms with Gasteiger partial charge in [-0.25, -0.2) is 0 Å². The van der Waals surface area contributed by atoms with Crippen LogP contribution in [0.3, 0.4) is 0 Å². The van der Waals surface area contributed by atoms with Crippen molar-refractivity contribution in [1.82, 2.24) is 9.80 Å². The van der Waals surface area contributed by atoms with Crippen LogP contribution in [0.25, 0.3) is 10.8 Å². The highest BCUT2D eigenvalue weighted by atomic mass is 35.5. The molecule has 1 unspecified atom stereocenters. The second kappa shape index (κ2) is 16.7. The van der Waals surface area contributed by atoms with Gasteiger partial charge in [0.25, 0.3) is 0 Å². The van der Waals surface area contributed by atoms with Crippen molar-refractivity contribution < 1.29 is 4.79 Å². The van der Waals surface area contributed by atoms with E-state index in [0.717, 1.165) is 50.4 Å². The van der Waals surface area contributed by atoms with E-state index in [4.69, 9.17) is 40.4 Å². The maximum absolute atomic E-state index is 13.5. The van der Waals surface area contributed by atoms with Crippen molar-refractivity contribution in [3.63, 3.8) is 0 Å². The number of nitrogens with zero attached hydrogens (tertiary/aromatic N) is 3. The highest BCUT2D eigenvalue weighted by Gasteiger charge is 2.32. The zero-order chi connectivity index (χ0) is 30.6. The lowest BCUT2D eigenvalue weighted by atomic mass is 10.0. The second-order valence-electron chi connectivity index (χ2n) is 11.6. The molecule has 0 radical (unpaired) electrons. The SMILES string of the molecule is CC(C)C.NC(N)=NCCCC1CN(CCc2ccc3ccccc3c2)CCN1C(=O)[C@H](N)Cc1ccc(Cl)cc1Cl. The lowest BCUT2D eigenvalue weighted by Crippen LogP contribution is -2.59. The Morgan fingerprint density at radius 3 is 2.40 bits per heavy atom. The second-order valence-corrected chi connectivity index (χ2v) is 12.5. The molecule has 9 heteroatoms. The summed E-state index contributed by atoms with van der Waals surface area (Å²) in [7, 11) is 0. The third-order valence-corrected chi connectivity index (χ3v) is 7.73. The van der Waals surface area contributed by atoms with Crippen molar-refractivity contribution >= 4 is 45.8 Å². The van der Waals surface area contributed by atoms with Crippen LogP contribution in [0.4, 0.5) is 0 Å². The molecule has 1 aliphatic rings. The zero-order valence-corrected chi connectivity index (χ0v) is 26.6. The number of fused-ring (bicyclic) bond motifs is 1. The summed E-state index contributed by atoms with van der Waals surface area (Å²) in [4.78, 5) is 22.0. The van der Waals surface area contributed by atoms with Crippen LogP contribution < -0.4 is 17.2 Å². The van der Waals surface area contributed by atoms with Crippen LogP contribution in [0.2, 0.25) is 10.0 Å². The van der Waals surface area contributed by atoms with E-state index in [2.05, 4.69) is 73.1 Å². The lowest BCUT2D eigenvalue weighted by molar-refractivity contribution is -0.137. The molecule has 1 saturated heterocycles. The number of hydrogen-bond acceptors (Lipinski definition) is 4. The van der Waals surface area contributed by atoms with Gasteiger partial charge >= 0.3 is 0 Å². The van der Waals surface area contributed by atoms with Crippen LogP contribution in [0.15, 0.2) is 65.7 Å². The monoisotopic (exact) mass is 612 g/mol. The Hall–Kier alpha value is -2.84. The maximum Gasteiger partial charge on any atom is 0.240 e.